The van der Waals surface area contributed by atoms with Crippen LogP contribution in [0.2, 0.25) is 0 Å². The Hall–Kier alpha value is 1.44. The van der Waals surface area contributed by atoms with Gasteiger partial charge in [0.05, 0.1) is 0 Å². The van der Waals surface area contributed by atoms with Gasteiger partial charge in [-0.25, -0.2) is 0 Å². The molecule has 0 bridgehead atoms. The van der Waals surface area contributed by atoms with Crippen molar-refractivity contribution < 1.29 is 93.0 Å². The molecular weight excluding hydrogens is 285 g/mol. The molecule has 2 aromatic rings. The fraction of sp³-hybridized carbons (Fsp3) is 0.333. The molecular formula is C18H23Na3. The Morgan fingerprint density at radius 3 is 1.33 bits per heavy atom. The van der Waals surface area contributed by atoms with Gasteiger partial charge in [-0.2, -0.15) is 0 Å². The molecule has 0 nitrogen and oxygen atoms in total. The molecule has 0 aliphatic heterocycles. The molecule has 0 heterocycles. The monoisotopic (exact) mass is 308 g/mol. The van der Waals surface area contributed by atoms with E-state index in [0.717, 1.165) is 0 Å². The van der Waals surface area contributed by atoms with E-state index < -0.39 is 0 Å². The molecule has 0 amide bonds. The number of hydrogen-bond donors (Lipinski definition) is 0. The minimum absolute atomic E-state index is 0. The maximum absolute atomic E-state index is 2.30. The second kappa shape index (κ2) is 11.1. The van der Waals surface area contributed by atoms with Gasteiger partial charge in [0.1, 0.15) is 0 Å². The minimum Gasteiger partial charge on any atom is -1.00 e. The van der Waals surface area contributed by atoms with Crippen molar-refractivity contribution >= 4 is 0 Å². The van der Waals surface area contributed by atoms with Crippen LogP contribution in [0.5, 0.6) is 0 Å². The fourth-order valence-corrected chi connectivity index (χ4v) is 3.41. The third-order valence-corrected chi connectivity index (χ3v) is 4.36. The SMILES string of the molecule is [H-].[H-].[H-].[Na+].[Na+].[Na+].c1ccc(C2(c3ccccc3)CCCCC2)cc1. The summed E-state index contributed by atoms with van der Waals surface area (Å²) in [6.07, 6.45) is 6.68. The van der Waals surface area contributed by atoms with Gasteiger partial charge >= 0.3 is 88.7 Å². The van der Waals surface area contributed by atoms with Gasteiger partial charge in [-0.1, -0.05) is 79.9 Å². The van der Waals surface area contributed by atoms with E-state index in [0.29, 0.717) is 0 Å². The van der Waals surface area contributed by atoms with Crippen LogP contribution < -0.4 is 88.7 Å². The van der Waals surface area contributed by atoms with Crippen LogP contribution in [0.15, 0.2) is 60.7 Å². The zero-order valence-corrected chi connectivity index (χ0v) is 19.8. The minimum atomic E-state index is 0. The van der Waals surface area contributed by atoms with Crippen molar-refractivity contribution in [3.8, 4) is 0 Å². The van der Waals surface area contributed by atoms with Crippen LogP contribution in [0.4, 0.5) is 0 Å². The fourth-order valence-electron chi connectivity index (χ4n) is 3.41. The summed E-state index contributed by atoms with van der Waals surface area (Å²) < 4.78 is 0. The third-order valence-electron chi connectivity index (χ3n) is 4.36. The first kappa shape index (κ1) is 22.4. The second-order valence-corrected chi connectivity index (χ2v) is 5.37. The van der Waals surface area contributed by atoms with Crippen LogP contribution in [0.1, 0.15) is 47.5 Å². The van der Waals surface area contributed by atoms with Crippen molar-refractivity contribution in [1.29, 1.82) is 0 Å². The van der Waals surface area contributed by atoms with E-state index in [-0.39, 0.29) is 98.4 Å². The molecule has 3 rings (SSSR count). The Morgan fingerprint density at radius 2 is 0.952 bits per heavy atom. The smallest absolute Gasteiger partial charge is 1.00 e. The number of benzene rings is 2. The molecule has 0 spiro atoms. The predicted octanol–water partition coefficient (Wildman–Crippen LogP) is -3.71. The van der Waals surface area contributed by atoms with Crippen molar-refractivity contribution in [2.24, 2.45) is 0 Å². The molecule has 0 N–H and O–H groups in total. The van der Waals surface area contributed by atoms with Crippen molar-refractivity contribution in [1.82, 2.24) is 0 Å². The quantitative estimate of drug-likeness (QED) is 0.501. The summed E-state index contributed by atoms with van der Waals surface area (Å²) in [7, 11) is 0. The first-order chi connectivity index (χ1) is 8.92. The molecule has 3 heteroatoms. The largest absolute Gasteiger partial charge is 1.00 e. The van der Waals surface area contributed by atoms with Gasteiger partial charge in [-0.05, 0) is 24.0 Å². The molecule has 0 unspecified atom stereocenters. The molecule has 0 atom stereocenters. The standard InChI is InChI=1S/C18H20.3Na.3H/c1-4-10-16(11-5-1)18(14-8-3-9-15-18)17-12-6-2-7-13-17;;;;;;/h1-2,4-7,10-13H,3,8-9,14-15H2;;;;;;/q;3*+1;3*-1. The van der Waals surface area contributed by atoms with E-state index in [1.54, 1.807) is 0 Å². The van der Waals surface area contributed by atoms with Crippen molar-refractivity contribution in [3.63, 3.8) is 0 Å². The van der Waals surface area contributed by atoms with Crippen LogP contribution in [0, 0.1) is 0 Å². The third kappa shape index (κ3) is 5.21. The first-order valence-corrected chi connectivity index (χ1v) is 7.03. The molecule has 0 saturated heterocycles. The Morgan fingerprint density at radius 1 is 0.571 bits per heavy atom. The van der Waals surface area contributed by atoms with Crippen LogP contribution in [-0.4, -0.2) is 0 Å². The van der Waals surface area contributed by atoms with Gasteiger partial charge in [0.15, 0.2) is 0 Å². The molecule has 0 aromatic heterocycles. The van der Waals surface area contributed by atoms with Crippen LogP contribution >= 0.6 is 0 Å². The Kier molecular flexibility index (Phi) is 11.8. The summed E-state index contributed by atoms with van der Waals surface area (Å²) in [5.41, 5.74) is 3.26. The maximum Gasteiger partial charge on any atom is 1.00 e. The van der Waals surface area contributed by atoms with Gasteiger partial charge in [0.2, 0.25) is 0 Å². The maximum atomic E-state index is 2.30. The summed E-state index contributed by atoms with van der Waals surface area (Å²) >= 11 is 0. The summed E-state index contributed by atoms with van der Waals surface area (Å²) in [4.78, 5) is 0. The van der Waals surface area contributed by atoms with E-state index in [9.17, 15) is 0 Å². The zero-order chi connectivity index (χ0) is 12.3. The van der Waals surface area contributed by atoms with Gasteiger partial charge < -0.3 is 4.28 Å². The molecule has 21 heavy (non-hydrogen) atoms. The van der Waals surface area contributed by atoms with Gasteiger partial charge in [0.25, 0.3) is 0 Å². The van der Waals surface area contributed by atoms with E-state index in [4.69, 9.17) is 0 Å². The average molecular weight is 308 g/mol. The van der Waals surface area contributed by atoms with E-state index >= 15 is 0 Å². The normalized spacial score (nSPS) is 15.8. The molecule has 1 saturated carbocycles. The Bertz CT molecular complexity index is 462. The zero-order valence-electron chi connectivity index (χ0n) is 16.8. The van der Waals surface area contributed by atoms with E-state index in [2.05, 4.69) is 60.7 Å². The van der Waals surface area contributed by atoms with E-state index in [1.807, 2.05) is 0 Å². The summed E-state index contributed by atoms with van der Waals surface area (Å²) in [6, 6.07) is 22.1. The second-order valence-electron chi connectivity index (χ2n) is 5.37. The topological polar surface area (TPSA) is 0 Å². The van der Waals surface area contributed by atoms with Gasteiger partial charge in [-0.3, -0.25) is 0 Å². The average Bonchev–Trinajstić information content (AvgIpc) is 2.50. The summed E-state index contributed by atoms with van der Waals surface area (Å²) in [5.74, 6) is 0. The van der Waals surface area contributed by atoms with Crippen molar-refractivity contribution in [2.75, 3.05) is 0 Å². The molecule has 98 valence electrons. The molecule has 2 aromatic carbocycles. The molecule has 1 fully saturated rings. The molecule has 0 radical (unpaired) electrons. The van der Waals surface area contributed by atoms with Crippen LogP contribution in [-0.2, 0) is 5.41 Å². The Balaban J connectivity index is -0.000000333. The molecule has 1 aliphatic rings. The Labute approximate surface area is 199 Å². The van der Waals surface area contributed by atoms with Crippen LogP contribution in [0.25, 0.3) is 0 Å². The molecule has 1 aliphatic carbocycles. The van der Waals surface area contributed by atoms with Crippen molar-refractivity contribution in [2.45, 2.75) is 37.5 Å². The summed E-state index contributed by atoms with van der Waals surface area (Å²) in [6.45, 7) is 0. The predicted molar refractivity (Wildman–Crippen MR) is 80.1 cm³/mol. The number of hydrogen-bond acceptors (Lipinski definition) is 0. The van der Waals surface area contributed by atoms with E-state index in [1.165, 1.54) is 43.2 Å². The first-order valence-electron chi connectivity index (χ1n) is 7.03. The number of rotatable bonds is 2. The summed E-state index contributed by atoms with van der Waals surface area (Å²) in [5, 5.41) is 0. The van der Waals surface area contributed by atoms with Gasteiger partial charge in [0, 0.05) is 5.41 Å². The van der Waals surface area contributed by atoms with Crippen molar-refractivity contribution in [3.05, 3.63) is 71.8 Å². The van der Waals surface area contributed by atoms with Gasteiger partial charge in [-0.15, -0.1) is 0 Å². The van der Waals surface area contributed by atoms with Crippen LogP contribution in [0.3, 0.4) is 0 Å².